The molecular formula is C16H20FN3O5S2. The molecule has 0 aliphatic heterocycles. The summed E-state index contributed by atoms with van der Waals surface area (Å²) in [5.74, 6) is -1.74. The van der Waals surface area contributed by atoms with Gasteiger partial charge >= 0.3 is 0 Å². The molecule has 27 heavy (non-hydrogen) atoms. The van der Waals surface area contributed by atoms with Crippen molar-refractivity contribution >= 4 is 26.9 Å². The molecule has 0 radical (unpaired) electrons. The molecule has 1 rings (SSSR count). The molecule has 1 N–H and O–H groups in total. The lowest BCUT2D eigenvalue weighted by molar-refractivity contribution is -0.385. The second-order valence-electron chi connectivity index (χ2n) is 6.71. The third kappa shape index (κ3) is 5.04. The van der Waals surface area contributed by atoms with Crippen LogP contribution in [0.5, 0.6) is 0 Å². The Bertz CT molecular complexity index is 911. The second-order valence-corrected chi connectivity index (χ2v) is 10.7. The van der Waals surface area contributed by atoms with E-state index in [1.54, 1.807) is 6.07 Å². The van der Waals surface area contributed by atoms with Gasteiger partial charge in [-0.25, -0.2) is 12.8 Å². The molecule has 1 aromatic rings. The van der Waals surface area contributed by atoms with E-state index in [0.717, 1.165) is 18.2 Å². The van der Waals surface area contributed by atoms with Crippen LogP contribution in [0.4, 0.5) is 10.1 Å². The van der Waals surface area contributed by atoms with Gasteiger partial charge in [-0.2, -0.15) is 5.26 Å². The van der Waals surface area contributed by atoms with E-state index in [2.05, 4.69) is 11.3 Å². The van der Waals surface area contributed by atoms with Crippen molar-refractivity contribution in [3.05, 3.63) is 51.2 Å². The average Bonchev–Trinajstić information content (AvgIpc) is 2.53. The van der Waals surface area contributed by atoms with Gasteiger partial charge in [-0.3, -0.25) is 10.1 Å². The molecule has 11 heteroatoms. The van der Waals surface area contributed by atoms with E-state index in [-0.39, 0.29) is 10.5 Å². The molecule has 0 bridgehead atoms. The number of hydrogen-bond donors (Lipinski definition) is 1. The first-order valence-electron chi connectivity index (χ1n) is 7.60. The first kappa shape index (κ1) is 23.0. The zero-order valence-corrected chi connectivity index (χ0v) is 16.9. The minimum Gasteiger partial charge on any atom is -0.593 e. The van der Waals surface area contributed by atoms with Gasteiger partial charge in [0.1, 0.15) is 16.3 Å². The maximum atomic E-state index is 14.5. The van der Waals surface area contributed by atoms with E-state index >= 15 is 0 Å². The first-order chi connectivity index (χ1) is 12.2. The van der Waals surface area contributed by atoms with Crippen LogP contribution in [-0.2, 0) is 26.7 Å². The van der Waals surface area contributed by atoms with Gasteiger partial charge in [-0.1, -0.05) is 0 Å². The highest BCUT2D eigenvalue weighted by atomic mass is 32.2. The zero-order chi connectivity index (χ0) is 21.2. The van der Waals surface area contributed by atoms with Crippen molar-refractivity contribution in [1.29, 1.82) is 5.26 Å². The second kappa shape index (κ2) is 7.93. The van der Waals surface area contributed by atoms with Gasteiger partial charge in [0.05, 0.1) is 28.1 Å². The Morgan fingerprint density at radius 1 is 1.44 bits per heavy atom. The van der Waals surface area contributed by atoms with Crippen LogP contribution in [0.2, 0.25) is 0 Å². The minimum atomic E-state index is -4.16. The van der Waals surface area contributed by atoms with Crippen LogP contribution >= 0.6 is 0 Å². The van der Waals surface area contributed by atoms with Gasteiger partial charge in [-0.05, 0) is 33.4 Å². The Morgan fingerprint density at radius 2 is 2.00 bits per heavy atom. The van der Waals surface area contributed by atoms with Crippen LogP contribution in [0, 0.1) is 27.3 Å². The van der Waals surface area contributed by atoms with E-state index in [1.807, 2.05) is 0 Å². The lowest BCUT2D eigenvalue weighted by Crippen LogP contribution is -2.51. The third-order valence-electron chi connectivity index (χ3n) is 3.92. The summed E-state index contributed by atoms with van der Waals surface area (Å²) >= 11 is -1.96. The van der Waals surface area contributed by atoms with Gasteiger partial charge in [-0.15, -0.1) is 4.72 Å². The van der Waals surface area contributed by atoms with Crippen molar-refractivity contribution in [3.63, 3.8) is 0 Å². The standard InChI is InChI=1S/C16H20FN3O5S2/c1-11(2)26(23)19-16(5,10-27(24,25)15(3,4)9-18)13-8-12(20(21)22)6-7-14(13)17/h6-8,19H,1,10H2,2-5H3/t16-,26+/m0/s1. The van der Waals surface area contributed by atoms with Crippen LogP contribution in [0.25, 0.3) is 0 Å². The van der Waals surface area contributed by atoms with Crippen molar-refractivity contribution in [2.75, 3.05) is 5.75 Å². The molecule has 1 aromatic carbocycles. The highest BCUT2D eigenvalue weighted by molar-refractivity contribution is 7.94. The molecular weight excluding hydrogens is 397 g/mol. The van der Waals surface area contributed by atoms with Crippen molar-refractivity contribution in [3.8, 4) is 6.07 Å². The smallest absolute Gasteiger partial charge is 0.269 e. The summed E-state index contributed by atoms with van der Waals surface area (Å²) in [6.45, 7) is 8.53. The first-order valence-corrected chi connectivity index (χ1v) is 10.4. The Hall–Kier alpha value is -2.00. The Labute approximate surface area is 160 Å². The summed E-state index contributed by atoms with van der Waals surface area (Å²) in [6, 6.07) is 4.31. The number of rotatable bonds is 8. The molecule has 8 nitrogen and oxygen atoms in total. The molecule has 0 aliphatic rings. The minimum absolute atomic E-state index is 0.143. The fraction of sp³-hybridized carbons (Fsp3) is 0.438. The highest BCUT2D eigenvalue weighted by Crippen LogP contribution is 2.33. The van der Waals surface area contributed by atoms with Crippen molar-refractivity contribution < 1.29 is 22.3 Å². The Kier molecular flexibility index (Phi) is 6.77. The van der Waals surface area contributed by atoms with Gasteiger partial charge in [0, 0.05) is 24.6 Å². The predicted molar refractivity (Wildman–Crippen MR) is 100.0 cm³/mol. The SMILES string of the molecule is C=C(C)[S@@+]([O-])N[C@@](C)(CS(=O)(=O)C(C)(C)C#N)c1cc([N+](=O)[O-])ccc1F. The molecule has 0 spiro atoms. The fourth-order valence-corrected chi connectivity index (χ4v) is 4.48. The number of benzene rings is 1. The van der Waals surface area contributed by atoms with E-state index in [9.17, 15) is 27.5 Å². The molecule has 0 saturated heterocycles. The van der Waals surface area contributed by atoms with Gasteiger partial charge in [0.25, 0.3) is 5.69 Å². The largest absolute Gasteiger partial charge is 0.593 e. The number of non-ortho nitro benzene ring substituents is 1. The van der Waals surface area contributed by atoms with Crippen LogP contribution in [-0.4, -0.2) is 28.4 Å². The molecule has 148 valence electrons. The molecule has 0 fully saturated rings. The number of allylic oxidation sites excluding steroid dienone is 1. The van der Waals surface area contributed by atoms with E-state index in [1.165, 1.54) is 27.7 Å². The number of nitro benzene ring substituents is 1. The summed E-state index contributed by atoms with van der Waals surface area (Å²) in [7, 11) is -4.16. The maximum absolute atomic E-state index is 14.5. The van der Waals surface area contributed by atoms with Gasteiger partial charge in [0.15, 0.2) is 14.6 Å². The van der Waals surface area contributed by atoms with Crippen LogP contribution < -0.4 is 4.72 Å². The molecule has 0 aliphatic carbocycles. The summed E-state index contributed by atoms with van der Waals surface area (Å²) in [4.78, 5) is 10.4. The van der Waals surface area contributed by atoms with Gasteiger partial charge < -0.3 is 4.55 Å². The van der Waals surface area contributed by atoms with E-state index in [4.69, 9.17) is 5.26 Å². The number of nitrogens with zero attached hydrogens (tertiary/aromatic N) is 2. The number of sulfone groups is 1. The normalized spacial score (nSPS) is 15.4. The summed E-state index contributed by atoms with van der Waals surface area (Å²) in [6.07, 6.45) is 0. The summed E-state index contributed by atoms with van der Waals surface area (Å²) in [5, 5.41) is 20.2. The molecule has 2 atom stereocenters. The van der Waals surface area contributed by atoms with E-state index < -0.39 is 53.7 Å². The number of nitriles is 1. The predicted octanol–water partition coefficient (Wildman–Crippen LogP) is 2.45. The average molecular weight is 417 g/mol. The highest BCUT2D eigenvalue weighted by Gasteiger charge is 2.45. The number of nitrogens with one attached hydrogen (secondary N) is 1. The molecule has 0 heterocycles. The molecule has 0 saturated carbocycles. The number of nitro groups is 1. The monoisotopic (exact) mass is 417 g/mol. The lowest BCUT2D eigenvalue weighted by Gasteiger charge is -2.32. The van der Waals surface area contributed by atoms with Crippen LogP contribution in [0.15, 0.2) is 29.7 Å². The van der Waals surface area contributed by atoms with Crippen molar-refractivity contribution in [1.82, 2.24) is 4.72 Å². The summed E-state index contributed by atoms with van der Waals surface area (Å²) < 4.78 is 52.9. The Balaban J connectivity index is 3.63. The number of hydrogen-bond acceptors (Lipinski definition) is 7. The lowest BCUT2D eigenvalue weighted by atomic mass is 9.94. The van der Waals surface area contributed by atoms with Crippen molar-refractivity contribution in [2.45, 2.75) is 38.0 Å². The molecule has 0 unspecified atom stereocenters. The Morgan fingerprint density at radius 3 is 2.44 bits per heavy atom. The summed E-state index contributed by atoms with van der Waals surface area (Å²) in [5.41, 5.74) is -2.64. The number of halogens is 1. The quantitative estimate of drug-likeness (QED) is 0.390. The molecule has 0 amide bonds. The zero-order valence-electron chi connectivity index (χ0n) is 15.3. The van der Waals surface area contributed by atoms with Gasteiger partial charge in [0.2, 0.25) is 0 Å². The maximum Gasteiger partial charge on any atom is 0.269 e. The third-order valence-corrected chi connectivity index (χ3v) is 7.79. The van der Waals surface area contributed by atoms with E-state index in [0.29, 0.717) is 0 Å². The van der Waals surface area contributed by atoms with Crippen LogP contribution in [0.1, 0.15) is 33.3 Å². The molecule has 0 aromatic heterocycles. The topological polar surface area (TPSA) is 136 Å². The van der Waals surface area contributed by atoms with Crippen molar-refractivity contribution in [2.24, 2.45) is 0 Å². The van der Waals surface area contributed by atoms with Crippen LogP contribution in [0.3, 0.4) is 0 Å². The fourth-order valence-electron chi connectivity index (χ4n) is 2.13.